The first-order valence-electron chi connectivity index (χ1n) is 7.77. The highest BCUT2D eigenvalue weighted by Crippen LogP contribution is 2.16. The van der Waals surface area contributed by atoms with E-state index in [0.717, 1.165) is 42.0 Å². The lowest BCUT2D eigenvalue weighted by Gasteiger charge is -2.31. The van der Waals surface area contributed by atoms with Gasteiger partial charge < -0.3 is 9.64 Å². The fourth-order valence-electron chi connectivity index (χ4n) is 3.40. The number of aromatic nitrogens is 4. The Morgan fingerprint density at radius 2 is 1.95 bits per heavy atom. The SMILES string of the molecule is C[C@@H]1C[NH+](Cc2nnc3c4ccccc4ncn23)C[C@H](C)O1. The normalized spacial score (nSPS) is 25.8. The lowest BCUT2D eigenvalue weighted by molar-refractivity contribution is -0.929. The van der Waals surface area contributed by atoms with Crippen molar-refractivity contribution in [1.29, 1.82) is 0 Å². The second-order valence-corrected chi connectivity index (χ2v) is 6.16. The Hall–Kier alpha value is -2.05. The highest BCUT2D eigenvalue weighted by Gasteiger charge is 2.27. The van der Waals surface area contributed by atoms with Crippen LogP contribution in [0.3, 0.4) is 0 Å². The molecule has 4 rings (SSSR count). The van der Waals surface area contributed by atoms with Crippen LogP contribution in [0.15, 0.2) is 30.6 Å². The minimum Gasteiger partial charge on any atom is -0.364 e. The van der Waals surface area contributed by atoms with Gasteiger partial charge in [0.2, 0.25) is 0 Å². The summed E-state index contributed by atoms with van der Waals surface area (Å²) < 4.78 is 7.82. The summed E-state index contributed by atoms with van der Waals surface area (Å²) in [5, 5.41) is 9.82. The summed E-state index contributed by atoms with van der Waals surface area (Å²) in [5.74, 6) is 0.963. The largest absolute Gasteiger partial charge is 0.364 e. The van der Waals surface area contributed by atoms with Crippen LogP contribution in [0.5, 0.6) is 0 Å². The van der Waals surface area contributed by atoms with E-state index in [0.29, 0.717) is 0 Å². The average molecular weight is 298 g/mol. The number of para-hydroxylation sites is 1. The number of benzene rings is 1. The molecule has 1 aromatic carbocycles. The number of hydrogen-bond acceptors (Lipinski definition) is 4. The van der Waals surface area contributed by atoms with Crippen molar-refractivity contribution in [3.05, 3.63) is 36.4 Å². The molecule has 0 bridgehead atoms. The maximum Gasteiger partial charge on any atom is 0.193 e. The Kier molecular flexibility index (Phi) is 3.28. The third kappa shape index (κ3) is 2.34. The molecule has 114 valence electrons. The van der Waals surface area contributed by atoms with Gasteiger partial charge in [0.15, 0.2) is 11.5 Å². The number of ether oxygens (including phenoxy) is 1. The zero-order valence-electron chi connectivity index (χ0n) is 12.9. The standard InChI is InChI=1S/C16H19N5O/c1-11-7-20(8-12(2)22-11)9-15-18-19-16-13-5-3-4-6-14(13)17-10-21(15)16/h3-6,10-12H,7-9H2,1-2H3/p+1/t11-,12+. The number of nitrogens with one attached hydrogen (secondary N) is 1. The molecule has 0 amide bonds. The van der Waals surface area contributed by atoms with Crippen LogP contribution in [0.2, 0.25) is 0 Å². The molecule has 1 aliphatic heterocycles. The van der Waals surface area contributed by atoms with Gasteiger partial charge in [-0.3, -0.25) is 4.40 Å². The van der Waals surface area contributed by atoms with Gasteiger partial charge in [-0.15, -0.1) is 10.2 Å². The van der Waals surface area contributed by atoms with Gasteiger partial charge in [0.25, 0.3) is 0 Å². The van der Waals surface area contributed by atoms with Crippen LogP contribution in [0.1, 0.15) is 19.7 Å². The molecular weight excluding hydrogens is 278 g/mol. The second-order valence-electron chi connectivity index (χ2n) is 6.16. The van der Waals surface area contributed by atoms with Crippen LogP contribution in [-0.4, -0.2) is 44.9 Å². The van der Waals surface area contributed by atoms with Gasteiger partial charge in [0, 0.05) is 5.39 Å². The van der Waals surface area contributed by atoms with Crippen molar-refractivity contribution in [3.63, 3.8) is 0 Å². The van der Waals surface area contributed by atoms with Crippen LogP contribution < -0.4 is 4.90 Å². The molecule has 6 nitrogen and oxygen atoms in total. The first-order valence-corrected chi connectivity index (χ1v) is 7.77. The van der Waals surface area contributed by atoms with Crippen molar-refractivity contribution in [1.82, 2.24) is 19.6 Å². The van der Waals surface area contributed by atoms with E-state index in [1.165, 1.54) is 4.90 Å². The summed E-state index contributed by atoms with van der Waals surface area (Å²) in [6.45, 7) is 7.11. The quantitative estimate of drug-likeness (QED) is 0.747. The van der Waals surface area contributed by atoms with Crippen molar-refractivity contribution >= 4 is 16.6 Å². The van der Waals surface area contributed by atoms with Gasteiger partial charge in [-0.2, -0.15) is 0 Å². The molecule has 1 aliphatic rings. The third-order valence-corrected chi connectivity index (χ3v) is 4.25. The first kappa shape index (κ1) is 13.6. The molecule has 0 spiro atoms. The number of quaternary nitrogens is 1. The van der Waals surface area contributed by atoms with E-state index in [2.05, 4.69) is 29.0 Å². The van der Waals surface area contributed by atoms with Crippen LogP contribution >= 0.6 is 0 Å². The predicted molar refractivity (Wildman–Crippen MR) is 82.7 cm³/mol. The molecule has 3 atom stereocenters. The van der Waals surface area contributed by atoms with Crippen LogP contribution in [0.25, 0.3) is 16.6 Å². The summed E-state index contributed by atoms with van der Waals surface area (Å²) in [4.78, 5) is 5.99. The van der Waals surface area contributed by atoms with Crippen LogP contribution in [0, 0.1) is 0 Å². The molecule has 1 N–H and O–H groups in total. The van der Waals surface area contributed by atoms with E-state index in [1.807, 2.05) is 35.0 Å². The van der Waals surface area contributed by atoms with Gasteiger partial charge in [-0.1, -0.05) is 12.1 Å². The Labute approximate surface area is 128 Å². The van der Waals surface area contributed by atoms with E-state index in [-0.39, 0.29) is 12.2 Å². The fourth-order valence-corrected chi connectivity index (χ4v) is 3.40. The molecule has 1 saturated heterocycles. The zero-order valence-corrected chi connectivity index (χ0v) is 12.9. The smallest absolute Gasteiger partial charge is 0.193 e. The van der Waals surface area contributed by atoms with E-state index in [9.17, 15) is 0 Å². The lowest BCUT2D eigenvalue weighted by Crippen LogP contribution is -3.14. The molecule has 2 aromatic heterocycles. The van der Waals surface area contributed by atoms with Crippen molar-refractivity contribution in [2.24, 2.45) is 0 Å². The Bertz CT molecular complexity index is 805. The summed E-state index contributed by atoms with van der Waals surface area (Å²) in [5.41, 5.74) is 1.84. The molecule has 1 fully saturated rings. The number of nitrogens with zero attached hydrogens (tertiary/aromatic N) is 4. The summed E-state index contributed by atoms with van der Waals surface area (Å²) >= 11 is 0. The van der Waals surface area contributed by atoms with Crippen molar-refractivity contribution in [2.75, 3.05) is 13.1 Å². The van der Waals surface area contributed by atoms with Gasteiger partial charge in [-0.25, -0.2) is 4.98 Å². The fraction of sp³-hybridized carbons (Fsp3) is 0.438. The van der Waals surface area contributed by atoms with Crippen LogP contribution in [-0.2, 0) is 11.3 Å². The van der Waals surface area contributed by atoms with E-state index >= 15 is 0 Å². The summed E-state index contributed by atoms with van der Waals surface area (Å²) in [6, 6.07) is 8.04. The minimum absolute atomic E-state index is 0.289. The van der Waals surface area contributed by atoms with Crippen molar-refractivity contribution in [3.8, 4) is 0 Å². The topological polar surface area (TPSA) is 56.8 Å². The molecule has 0 saturated carbocycles. The molecule has 0 aliphatic carbocycles. The number of hydrogen-bond donors (Lipinski definition) is 1. The monoisotopic (exact) mass is 298 g/mol. The van der Waals surface area contributed by atoms with Gasteiger partial charge in [0.05, 0.1) is 5.52 Å². The highest BCUT2D eigenvalue weighted by molar-refractivity contribution is 5.90. The summed E-state index contributed by atoms with van der Waals surface area (Å²) in [6.07, 6.45) is 2.41. The van der Waals surface area contributed by atoms with E-state index in [4.69, 9.17) is 4.74 Å². The van der Waals surface area contributed by atoms with E-state index < -0.39 is 0 Å². The predicted octanol–water partition coefficient (Wildman–Crippen LogP) is 0.470. The molecule has 1 unspecified atom stereocenters. The lowest BCUT2D eigenvalue weighted by atomic mass is 10.2. The zero-order chi connectivity index (χ0) is 15.1. The van der Waals surface area contributed by atoms with Gasteiger partial charge in [-0.05, 0) is 26.0 Å². The molecule has 3 heterocycles. The maximum atomic E-state index is 5.80. The molecule has 6 heteroatoms. The number of morpholine rings is 1. The number of fused-ring (bicyclic) bond motifs is 3. The highest BCUT2D eigenvalue weighted by atomic mass is 16.5. The molecule has 0 radical (unpaired) electrons. The van der Waals surface area contributed by atoms with E-state index in [1.54, 1.807) is 0 Å². The molecular formula is C16H20N5O+. The van der Waals surface area contributed by atoms with Crippen molar-refractivity contribution < 1.29 is 9.64 Å². The Morgan fingerprint density at radius 3 is 2.77 bits per heavy atom. The van der Waals surface area contributed by atoms with Gasteiger partial charge in [0.1, 0.15) is 38.2 Å². The minimum atomic E-state index is 0.289. The number of rotatable bonds is 2. The summed E-state index contributed by atoms with van der Waals surface area (Å²) in [7, 11) is 0. The third-order valence-electron chi connectivity index (χ3n) is 4.25. The Balaban J connectivity index is 1.69. The van der Waals surface area contributed by atoms with Crippen molar-refractivity contribution in [2.45, 2.75) is 32.6 Å². The maximum absolute atomic E-state index is 5.80. The van der Waals surface area contributed by atoms with Crippen LogP contribution in [0.4, 0.5) is 0 Å². The molecule has 22 heavy (non-hydrogen) atoms. The first-order chi connectivity index (χ1) is 10.7. The molecule has 3 aromatic rings. The average Bonchev–Trinajstić information content (AvgIpc) is 2.90. The van der Waals surface area contributed by atoms with Gasteiger partial charge >= 0.3 is 0 Å². The Morgan fingerprint density at radius 1 is 1.18 bits per heavy atom. The second kappa shape index (κ2) is 5.30.